The Morgan fingerprint density at radius 2 is 1.84 bits per heavy atom. The topological polar surface area (TPSA) is 100 Å². The van der Waals surface area contributed by atoms with Gasteiger partial charge in [0.05, 0.1) is 16.7 Å². The summed E-state index contributed by atoms with van der Waals surface area (Å²) in [7, 11) is 0. The van der Waals surface area contributed by atoms with Crippen molar-refractivity contribution >= 4 is 22.8 Å². The highest BCUT2D eigenvalue weighted by molar-refractivity contribution is 5.74. The molecule has 0 saturated carbocycles. The number of aromatic nitrogens is 3. The Hall–Kier alpha value is -3.42. The van der Waals surface area contributed by atoms with Crippen LogP contribution in [0.15, 0.2) is 53.8 Å². The molecule has 0 bridgehead atoms. The second kappa shape index (κ2) is 10.1. The molecule has 0 spiro atoms. The number of hydrogen-bond donors (Lipinski definition) is 2. The van der Waals surface area contributed by atoms with Crippen molar-refractivity contribution in [2.45, 2.75) is 45.8 Å². The molecule has 3 heterocycles. The van der Waals surface area contributed by atoms with Crippen molar-refractivity contribution < 1.29 is 9.53 Å². The Morgan fingerprint density at radius 3 is 2.52 bits per heavy atom. The molecule has 2 aromatic heterocycles. The minimum absolute atomic E-state index is 0.0284. The maximum Gasteiger partial charge on any atom is 0.410 e. The predicted molar refractivity (Wildman–Crippen MR) is 121 cm³/mol. The van der Waals surface area contributed by atoms with Gasteiger partial charge in [0.2, 0.25) is 5.43 Å². The number of anilines is 1. The monoisotopic (exact) mass is 423 g/mol. The first-order chi connectivity index (χ1) is 14.8. The first kappa shape index (κ1) is 22.3. The van der Waals surface area contributed by atoms with E-state index in [4.69, 9.17) is 4.74 Å². The quantitative estimate of drug-likeness (QED) is 0.662. The van der Waals surface area contributed by atoms with Crippen molar-refractivity contribution in [3.8, 4) is 0 Å². The second-order valence-electron chi connectivity index (χ2n) is 8.33. The molecule has 1 amide bonds. The van der Waals surface area contributed by atoms with E-state index in [1.165, 1.54) is 6.07 Å². The number of rotatable bonds is 3. The summed E-state index contributed by atoms with van der Waals surface area (Å²) in [5.74, 6) is 0. The van der Waals surface area contributed by atoms with Crippen molar-refractivity contribution in [1.29, 1.82) is 0 Å². The third-order valence-corrected chi connectivity index (χ3v) is 4.60. The average Bonchev–Trinajstić information content (AvgIpc) is 3.28. The highest BCUT2D eigenvalue weighted by Gasteiger charge is 2.23. The van der Waals surface area contributed by atoms with Crippen LogP contribution in [-0.4, -0.2) is 44.6 Å². The molecule has 4 rings (SSSR count). The van der Waals surface area contributed by atoms with Crippen molar-refractivity contribution in [2.75, 3.05) is 18.4 Å². The maximum absolute atomic E-state index is 11.5. The molecule has 0 atom stereocenters. The lowest BCUT2D eigenvalue weighted by Gasteiger charge is -2.23. The lowest BCUT2D eigenvalue weighted by atomic mass is 10.2. The Kier molecular flexibility index (Phi) is 7.23. The molecule has 3 aromatic rings. The fraction of sp³-hybridized carbons (Fsp3) is 0.391. The van der Waals surface area contributed by atoms with Crippen LogP contribution in [0.2, 0.25) is 0 Å². The molecule has 164 valence electrons. The smallest absolute Gasteiger partial charge is 0.410 e. The summed E-state index contributed by atoms with van der Waals surface area (Å²) in [5.41, 5.74) is 2.93. The van der Waals surface area contributed by atoms with Crippen LogP contribution in [0.5, 0.6) is 0 Å². The highest BCUT2D eigenvalue weighted by atomic mass is 16.6. The standard InChI is InChI=1S/C14H12N4O.C9H17NO2/c19-14-3-4-15-9-13(14)18-8-10-1-2-11-12(7-10)17-6-5-16-11;1-9(2,3)12-8(11)10-6-4-5-7-10/h1-7,9,18H,8H2,(H,15,19);4-7H2,1-3H3. The molecule has 1 fully saturated rings. The Morgan fingerprint density at radius 1 is 1.13 bits per heavy atom. The Balaban J connectivity index is 0.000000196. The molecule has 8 heteroatoms. The van der Waals surface area contributed by atoms with Crippen molar-refractivity contribution in [3.63, 3.8) is 0 Å². The van der Waals surface area contributed by atoms with Crippen LogP contribution < -0.4 is 10.7 Å². The summed E-state index contributed by atoms with van der Waals surface area (Å²) in [6.45, 7) is 7.95. The number of carbonyl (C=O) groups excluding carboxylic acids is 1. The number of carbonyl (C=O) groups is 1. The number of ether oxygens (including phenoxy) is 1. The van der Waals surface area contributed by atoms with Gasteiger partial charge in [0, 0.05) is 50.5 Å². The number of benzene rings is 1. The predicted octanol–water partition coefficient (Wildman–Crippen LogP) is 3.95. The zero-order valence-electron chi connectivity index (χ0n) is 18.2. The lowest BCUT2D eigenvalue weighted by Crippen LogP contribution is -2.34. The fourth-order valence-corrected chi connectivity index (χ4v) is 3.10. The van der Waals surface area contributed by atoms with E-state index in [1.807, 2.05) is 39.0 Å². The zero-order chi connectivity index (χ0) is 22.3. The molecule has 1 aliphatic heterocycles. The number of fused-ring (bicyclic) bond motifs is 1. The van der Waals surface area contributed by atoms with E-state index in [-0.39, 0.29) is 17.1 Å². The number of amides is 1. The maximum atomic E-state index is 11.5. The third-order valence-electron chi connectivity index (χ3n) is 4.60. The normalized spacial score (nSPS) is 13.5. The largest absolute Gasteiger partial charge is 0.444 e. The van der Waals surface area contributed by atoms with Gasteiger partial charge in [-0.3, -0.25) is 14.8 Å². The van der Waals surface area contributed by atoms with E-state index >= 15 is 0 Å². The van der Waals surface area contributed by atoms with Gasteiger partial charge in [-0.25, -0.2) is 4.79 Å². The van der Waals surface area contributed by atoms with E-state index in [9.17, 15) is 9.59 Å². The summed E-state index contributed by atoms with van der Waals surface area (Å²) >= 11 is 0. The lowest BCUT2D eigenvalue weighted by molar-refractivity contribution is 0.0295. The molecule has 31 heavy (non-hydrogen) atoms. The van der Waals surface area contributed by atoms with Crippen LogP contribution in [0.4, 0.5) is 10.5 Å². The van der Waals surface area contributed by atoms with Crippen LogP contribution in [0.25, 0.3) is 11.0 Å². The van der Waals surface area contributed by atoms with Crippen LogP contribution in [0, 0.1) is 0 Å². The SMILES string of the molecule is CC(C)(C)OC(=O)N1CCCC1.O=c1cc[nH]cc1NCc1ccc2nccnc2c1. The van der Waals surface area contributed by atoms with Gasteiger partial charge in [-0.2, -0.15) is 0 Å². The summed E-state index contributed by atoms with van der Waals surface area (Å²) in [6.07, 6.45) is 8.66. The number of aromatic amines is 1. The molecule has 0 radical (unpaired) electrons. The molecule has 8 nitrogen and oxygen atoms in total. The number of likely N-dealkylation sites (tertiary alicyclic amines) is 1. The Bertz CT molecular complexity index is 1070. The van der Waals surface area contributed by atoms with Gasteiger partial charge in [-0.15, -0.1) is 0 Å². The fourth-order valence-electron chi connectivity index (χ4n) is 3.10. The molecule has 0 unspecified atom stereocenters. The first-order valence-electron chi connectivity index (χ1n) is 10.4. The van der Waals surface area contributed by atoms with E-state index < -0.39 is 0 Å². The number of nitrogens with zero attached hydrogens (tertiary/aromatic N) is 3. The number of nitrogens with one attached hydrogen (secondary N) is 2. The van der Waals surface area contributed by atoms with Gasteiger partial charge in [0.1, 0.15) is 5.60 Å². The molecule has 1 aliphatic rings. The molecule has 0 aliphatic carbocycles. The van der Waals surface area contributed by atoms with Crippen LogP contribution in [0.1, 0.15) is 39.2 Å². The van der Waals surface area contributed by atoms with Gasteiger partial charge < -0.3 is 19.9 Å². The summed E-state index contributed by atoms with van der Waals surface area (Å²) in [6, 6.07) is 7.36. The van der Waals surface area contributed by atoms with Gasteiger partial charge in [-0.1, -0.05) is 6.07 Å². The van der Waals surface area contributed by atoms with Gasteiger partial charge in [-0.05, 0) is 51.3 Å². The first-order valence-corrected chi connectivity index (χ1v) is 10.4. The van der Waals surface area contributed by atoms with Crippen molar-refractivity contribution in [2.24, 2.45) is 0 Å². The molecule has 2 N–H and O–H groups in total. The minimum Gasteiger partial charge on any atom is -0.444 e. The zero-order valence-corrected chi connectivity index (χ0v) is 18.2. The van der Waals surface area contributed by atoms with E-state index in [0.717, 1.165) is 42.5 Å². The number of H-pyrrole nitrogens is 1. The van der Waals surface area contributed by atoms with Crippen LogP contribution >= 0.6 is 0 Å². The molecule has 1 saturated heterocycles. The average molecular weight is 424 g/mol. The summed E-state index contributed by atoms with van der Waals surface area (Å²) in [4.78, 5) is 36.0. The molecular weight excluding hydrogens is 394 g/mol. The van der Waals surface area contributed by atoms with Gasteiger partial charge in [0.15, 0.2) is 0 Å². The molecular formula is C23H29N5O3. The number of pyridine rings is 1. The third kappa shape index (κ3) is 6.80. The van der Waals surface area contributed by atoms with Crippen LogP contribution in [-0.2, 0) is 11.3 Å². The Labute approximate surface area is 181 Å². The summed E-state index contributed by atoms with van der Waals surface area (Å²) in [5, 5.41) is 3.10. The van der Waals surface area contributed by atoms with E-state index in [1.54, 1.807) is 29.7 Å². The highest BCUT2D eigenvalue weighted by Crippen LogP contribution is 2.14. The van der Waals surface area contributed by atoms with Gasteiger partial charge in [0.25, 0.3) is 0 Å². The molecule has 1 aromatic carbocycles. The van der Waals surface area contributed by atoms with Crippen molar-refractivity contribution in [1.82, 2.24) is 19.9 Å². The van der Waals surface area contributed by atoms with Crippen molar-refractivity contribution in [3.05, 3.63) is 64.8 Å². The summed E-state index contributed by atoms with van der Waals surface area (Å²) < 4.78 is 5.21. The minimum atomic E-state index is -0.361. The van der Waals surface area contributed by atoms with Gasteiger partial charge >= 0.3 is 6.09 Å². The van der Waals surface area contributed by atoms with E-state index in [0.29, 0.717) is 12.2 Å². The second-order valence-corrected chi connectivity index (χ2v) is 8.33. The van der Waals surface area contributed by atoms with Crippen LogP contribution in [0.3, 0.4) is 0 Å². The number of hydrogen-bond acceptors (Lipinski definition) is 6. The van der Waals surface area contributed by atoms with E-state index in [2.05, 4.69) is 20.3 Å².